The zero-order valence-corrected chi connectivity index (χ0v) is 18.5. The highest BCUT2D eigenvalue weighted by Gasteiger charge is 2.24. The van der Waals surface area contributed by atoms with E-state index in [4.69, 9.17) is 0 Å². The van der Waals surface area contributed by atoms with Gasteiger partial charge in [-0.2, -0.15) is 0 Å². The molecule has 0 heterocycles. The molecular weight excluding hydrogens is 442 g/mol. The lowest BCUT2D eigenvalue weighted by molar-refractivity contribution is 0.200. The standard InChI is InChI=1S/C26H28F6O/c1-2-3-16-4-7-18(8-5-16)19-14-21(27)20(22(28)15-19)9-6-17-12-23(29)26(24(30)13-17)33-11-10-25(31)32/h10-16,18,25H,2-9H2,1H3/b11-10+. The molecule has 0 N–H and O–H groups in total. The van der Waals surface area contributed by atoms with Gasteiger partial charge in [0, 0.05) is 11.6 Å². The summed E-state index contributed by atoms with van der Waals surface area (Å²) in [4.78, 5) is 0. The van der Waals surface area contributed by atoms with Crippen LogP contribution in [0.2, 0.25) is 0 Å². The van der Waals surface area contributed by atoms with Crippen molar-refractivity contribution in [3.8, 4) is 5.75 Å². The Morgan fingerprint density at radius 1 is 0.879 bits per heavy atom. The lowest BCUT2D eigenvalue weighted by Crippen LogP contribution is -2.14. The first kappa shape index (κ1) is 25.2. The van der Waals surface area contributed by atoms with Crippen LogP contribution < -0.4 is 4.74 Å². The van der Waals surface area contributed by atoms with Gasteiger partial charge in [-0.15, -0.1) is 0 Å². The molecule has 3 rings (SSSR count). The van der Waals surface area contributed by atoms with Gasteiger partial charge in [0.2, 0.25) is 0 Å². The highest BCUT2D eigenvalue weighted by molar-refractivity contribution is 5.34. The van der Waals surface area contributed by atoms with Gasteiger partial charge in [0.05, 0.1) is 6.26 Å². The van der Waals surface area contributed by atoms with E-state index in [1.54, 1.807) is 0 Å². The van der Waals surface area contributed by atoms with E-state index in [1.807, 2.05) is 0 Å². The summed E-state index contributed by atoms with van der Waals surface area (Å²) in [5, 5.41) is 0. The van der Waals surface area contributed by atoms with Gasteiger partial charge in [0.15, 0.2) is 17.4 Å². The van der Waals surface area contributed by atoms with Gasteiger partial charge < -0.3 is 4.74 Å². The van der Waals surface area contributed by atoms with Crippen molar-refractivity contribution in [1.82, 2.24) is 0 Å². The molecule has 1 fully saturated rings. The van der Waals surface area contributed by atoms with Gasteiger partial charge in [-0.05, 0) is 85.8 Å². The number of rotatable bonds is 9. The van der Waals surface area contributed by atoms with E-state index in [9.17, 15) is 26.3 Å². The molecule has 0 aliphatic heterocycles. The molecule has 1 nitrogen and oxygen atoms in total. The van der Waals surface area contributed by atoms with Crippen LogP contribution in [-0.4, -0.2) is 6.43 Å². The predicted molar refractivity (Wildman–Crippen MR) is 116 cm³/mol. The van der Waals surface area contributed by atoms with E-state index < -0.39 is 35.4 Å². The van der Waals surface area contributed by atoms with Crippen LogP contribution in [0.3, 0.4) is 0 Å². The Kier molecular flexibility index (Phi) is 8.87. The second kappa shape index (κ2) is 11.6. The molecule has 0 aromatic heterocycles. The Hall–Kier alpha value is -2.44. The highest BCUT2D eigenvalue weighted by Crippen LogP contribution is 2.38. The van der Waals surface area contributed by atoms with E-state index in [-0.39, 0.29) is 29.9 Å². The Morgan fingerprint density at radius 3 is 2.03 bits per heavy atom. The number of alkyl halides is 2. The minimum Gasteiger partial charge on any atom is -0.459 e. The van der Waals surface area contributed by atoms with Gasteiger partial charge >= 0.3 is 0 Å². The van der Waals surface area contributed by atoms with Crippen LogP contribution in [-0.2, 0) is 12.8 Å². The Labute approximate surface area is 190 Å². The molecule has 0 saturated heterocycles. The highest BCUT2D eigenvalue weighted by atomic mass is 19.3. The zero-order chi connectivity index (χ0) is 24.0. The molecule has 33 heavy (non-hydrogen) atoms. The van der Waals surface area contributed by atoms with Gasteiger partial charge in [-0.3, -0.25) is 0 Å². The minimum atomic E-state index is -2.82. The molecule has 1 aliphatic rings. The molecule has 0 atom stereocenters. The van der Waals surface area contributed by atoms with Crippen molar-refractivity contribution in [3.63, 3.8) is 0 Å². The molecule has 180 valence electrons. The summed E-state index contributed by atoms with van der Waals surface area (Å²) in [7, 11) is 0. The second-order valence-corrected chi connectivity index (χ2v) is 8.64. The van der Waals surface area contributed by atoms with Crippen LogP contribution in [0.5, 0.6) is 5.75 Å². The molecule has 0 unspecified atom stereocenters. The number of halogens is 6. The third kappa shape index (κ3) is 6.78. The number of aryl methyl sites for hydroxylation is 1. The quantitative estimate of drug-likeness (QED) is 0.265. The summed E-state index contributed by atoms with van der Waals surface area (Å²) in [6.45, 7) is 2.16. The van der Waals surface area contributed by atoms with Crippen molar-refractivity contribution in [3.05, 3.63) is 76.6 Å². The lowest BCUT2D eigenvalue weighted by Gasteiger charge is -2.29. The van der Waals surface area contributed by atoms with Crippen molar-refractivity contribution < 1.29 is 31.1 Å². The minimum absolute atomic E-state index is 0.00366. The first-order valence-electron chi connectivity index (χ1n) is 11.4. The van der Waals surface area contributed by atoms with Crippen LogP contribution in [0.4, 0.5) is 26.3 Å². The van der Waals surface area contributed by atoms with Gasteiger partial charge in [0.25, 0.3) is 6.43 Å². The van der Waals surface area contributed by atoms with Crippen LogP contribution in [0.15, 0.2) is 36.6 Å². The Bertz CT molecular complexity index is 917. The van der Waals surface area contributed by atoms with E-state index in [1.165, 1.54) is 18.6 Å². The second-order valence-electron chi connectivity index (χ2n) is 8.64. The third-order valence-electron chi connectivity index (χ3n) is 6.31. The molecule has 1 aliphatic carbocycles. The Morgan fingerprint density at radius 2 is 1.48 bits per heavy atom. The number of allylic oxidation sites excluding steroid dienone is 1. The summed E-state index contributed by atoms with van der Waals surface area (Å²) in [5.74, 6) is -3.45. The fraction of sp³-hybridized carbons (Fsp3) is 0.462. The number of ether oxygens (including phenoxy) is 1. The lowest BCUT2D eigenvalue weighted by atomic mass is 9.77. The SMILES string of the molecule is CCCC1CCC(c2cc(F)c(CCc3cc(F)c(O/C=C/C(F)F)c(F)c3)c(F)c2)CC1. The van der Waals surface area contributed by atoms with E-state index in [2.05, 4.69) is 11.7 Å². The van der Waals surface area contributed by atoms with Crippen molar-refractivity contribution in [2.45, 2.75) is 70.6 Å². The largest absolute Gasteiger partial charge is 0.459 e. The third-order valence-corrected chi connectivity index (χ3v) is 6.31. The molecule has 0 spiro atoms. The van der Waals surface area contributed by atoms with Crippen LogP contribution in [0, 0.1) is 29.2 Å². The summed E-state index contributed by atoms with van der Waals surface area (Å²) < 4.78 is 86.4. The molecule has 2 aromatic rings. The van der Waals surface area contributed by atoms with Crippen molar-refractivity contribution >= 4 is 0 Å². The average Bonchev–Trinajstić information content (AvgIpc) is 2.75. The van der Waals surface area contributed by atoms with Gasteiger partial charge in [-0.1, -0.05) is 19.8 Å². The van der Waals surface area contributed by atoms with Crippen LogP contribution in [0.1, 0.15) is 68.1 Å². The predicted octanol–water partition coefficient (Wildman–Crippen LogP) is 8.26. The van der Waals surface area contributed by atoms with Crippen LogP contribution >= 0.6 is 0 Å². The maximum absolute atomic E-state index is 14.7. The normalized spacial score (nSPS) is 18.9. The van der Waals surface area contributed by atoms with Gasteiger partial charge in [0.1, 0.15) is 11.6 Å². The molecule has 0 amide bonds. The molecule has 0 radical (unpaired) electrons. The topological polar surface area (TPSA) is 9.23 Å². The number of hydrogen-bond donors (Lipinski definition) is 0. The van der Waals surface area contributed by atoms with Crippen LogP contribution in [0.25, 0.3) is 0 Å². The monoisotopic (exact) mass is 470 g/mol. The Balaban J connectivity index is 1.66. The molecule has 0 bridgehead atoms. The van der Waals surface area contributed by atoms with Gasteiger partial charge in [-0.25, -0.2) is 26.3 Å². The fourth-order valence-electron chi connectivity index (χ4n) is 4.60. The first-order valence-corrected chi connectivity index (χ1v) is 11.4. The fourth-order valence-corrected chi connectivity index (χ4v) is 4.60. The van der Waals surface area contributed by atoms with Crippen molar-refractivity contribution in [1.29, 1.82) is 0 Å². The zero-order valence-electron chi connectivity index (χ0n) is 18.5. The molecule has 7 heteroatoms. The van der Waals surface area contributed by atoms with E-state index >= 15 is 0 Å². The first-order chi connectivity index (χ1) is 15.8. The van der Waals surface area contributed by atoms with Crippen molar-refractivity contribution in [2.24, 2.45) is 5.92 Å². The summed E-state index contributed by atoms with van der Waals surface area (Å²) >= 11 is 0. The molecule has 2 aromatic carbocycles. The average molecular weight is 470 g/mol. The smallest absolute Gasteiger partial charge is 0.260 e. The van der Waals surface area contributed by atoms with Crippen molar-refractivity contribution in [2.75, 3.05) is 0 Å². The maximum Gasteiger partial charge on any atom is 0.260 e. The van der Waals surface area contributed by atoms with E-state index in [0.717, 1.165) is 44.2 Å². The summed E-state index contributed by atoms with van der Waals surface area (Å²) in [5.41, 5.74) is 0.714. The summed E-state index contributed by atoms with van der Waals surface area (Å²) in [6, 6.07) is 4.70. The molecule has 1 saturated carbocycles. The maximum atomic E-state index is 14.7. The number of hydrogen-bond acceptors (Lipinski definition) is 1. The number of benzene rings is 2. The van der Waals surface area contributed by atoms with E-state index in [0.29, 0.717) is 23.8 Å². The molecular formula is C26H28F6O. The summed E-state index contributed by atoms with van der Waals surface area (Å²) in [6.07, 6.45) is 4.26.